The zero-order chi connectivity index (χ0) is 20.4. The van der Waals surface area contributed by atoms with E-state index < -0.39 is 0 Å². The molecule has 0 spiro atoms. The summed E-state index contributed by atoms with van der Waals surface area (Å²) in [6.45, 7) is 10.6. The molecule has 0 amide bonds. The number of benzene rings is 3. The first-order chi connectivity index (χ1) is 14.0. The Kier molecular flexibility index (Phi) is 5.35. The summed E-state index contributed by atoms with van der Waals surface area (Å²) < 4.78 is 2.15. The Morgan fingerprint density at radius 2 is 1.76 bits per heavy atom. The van der Waals surface area contributed by atoms with Gasteiger partial charge in [0.1, 0.15) is 0 Å². The minimum Gasteiger partial charge on any atom is -0.264 e. The highest BCUT2D eigenvalue weighted by molar-refractivity contribution is 5.84. The van der Waals surface area contributed by atoms with Crippen molar-refractivity contribution in [2.24, 2.45) is 5.92 Å². The molecule has 3 aromatic carbocycles. The van der Waals surface area contributed by atoms with E-state index in [1.807, 2.05) is 6.08 Å². The van der Waals surface area contributed by atoms with Gasteiger partial charge in [-0.15, -0.1) is 0 Å². The van der Waals surface area contributed by atoms with E-state index in [9.17, 15) is 0 Å². The topological polar surface area (TPSA) is 17.8 Å². The smallest absolute Gasteiger partial charge is 0.0923 e. The van der Waals surface area contributed by atoms with Crippen molar-refractivity contribution >= 4 is 17.0 Å². The Bertz CT molecular complexity index is 1130. The van der Waals surface area contributed by atoms with Gasteiger partial charge in [0, 0.05) is 11.6 Å². The van der Waals surface area contributed by atoms with Crippen LogP contribution in [0.25, 0.3) is 28.1 Å². The van der Waals surface area contributed by atoms with E-state index in [1.165, 1.54) is 27.6 Å². The summed E-state index contributed by atoms with van der Waals surface area (Å²) >= 11 is 0. The van der Waals surface area contributed by atoms with Crippen LogP contribution in [0.3, 0.4) is 0 Å². The van der Waals surface area contributed by atoms with E-state index in [2.05, 4.69) is 105 Å². The molecule has 0 fully saturated rings. The van der Waals surface area contributed by atoms with Gasteiger partial charge in [0.15, 0.2) is 0 Å². The summed E-state index contributed by atoms with van der Waals surface area (Å²) in [4.78, 5) is 0. The van der Waals surface area contributed by atoms with Crippen LogP contribution in [0.5, 0.6) is 0 Å². The number of rotatable bonds is 6. The van der Waals surface area contributed by atoms with E-state index in [1.54, 1.807) is 0 Å². The molecule has 0 bridgehead atoms. The second kappa shape index (κ2) is 8.08. The number of fused-ring (bicyclic) bond motifs is 1. The van der Waals surface area contributed by atoms with Gasteiger partial charge in [-0.2, -0.15) is 5.10 Å². The highest BCUT2D eigenvalue weighted by Crippen LogP contribution is 2.30. The zero-order valence-corrected chi connectivity index (χ0v) is 17.5. The first-order valence-electron chi connectivity index (χ1n) is 10.3. The summed E-state index contributed by atoms with van der Waals surface area (Å²) in [5, 5.41) is 6.12. The van der Waals surface area contributed by atoms with Gasteiger partial charge >= 0.3 is 0 Å². The molecule has 2 nitrogen and oxygen atoms in total. The average Bonchev–Trinajstić information content (AvgIpc) is 3.15. The van der Waals surface area contributed by atoms with Crippen molar-refractivity contribution in [3.05, 3.63) is 96.2 Å². The summed E-state index contributed by atoms with van der Waals surface area (Å²) in [6.07, 6.45) is 5.13. The maximum absolute atomic E-state index is 4.94. The number of hydrogen-bond acceptors (Lipinski definition) is 1. The molecule has 0 saturated heterocycles. The van der Waals surface area contributed by atoms with Crippen LogP contribution in [-0.4, -0.2) is 9.78 Å². The summed E-state index contributed by atoms with van der Waals surface area (Å²) in [6, 6.07) is 24.0. The highest BCUT2D eigenvalue weighted by atomic mass is 15.3. The number of nitrogens with zero attached hydrogens (tertiary/aromatic N) is 2. The fourth-order valence-electron chi connectivity index (χ4n) is 3.97. The second-order valence-electron chi connectivity index (χ2n) is 8.21. The van der Waals surface area contributed by atoms with Crippen LogP contribution < -0.4 is 0 Å². The molecule has 29 heavy (non-hydrogen) atoms. The molecule has 0 aliphatic rings. The zero-order valence-electron chi connectivity index (χ0n) is 17.5. The van der Waals surface area contributed by atoms with Gasteiger partial charge in [-0.25, -0.2) is 0 Å². The van der Waals surface area contributed by atoms with E-state index >= 15 is 0 Å². The van der Waals surface area contributed by atoms with Crippen molar-refractivity contribution in [1.29, 1.82) is 0 Å². The minimum absolute atomic E-state index is 0.225. The minimum atomic E-state index is 0.225. The lowest BCUT2D eigenvalue weighted by molar-refractivity contribution is 0.424. The monoisotopic (exact) mass is 380 g/mol. The van der Waals surface area contributed by atoms with E-state index in [-0.39, 0.29) is 6.04 Å². The van der Waals surface area contributed by atoms with Crippen molar-refractivity contribution in [3.63, 3.8) is 0 Å². The third kappa shape index (κ3) is 4.02. The summed E-state index contributed by atoms with van der Waals surface area (Å²) in [5.41, 5.74) is 7.28. The van der Waals surface area contributed by atoms with E-state index in [0.717, 1.165) is 17.5 Å². The third-order valence-corrected chi connectivity index (χ3v) is 5.55. The first kappa shape index (κ1) is 19.2. The van der Waals surface area contributed by atoms with Crippen LogP contribution in [-0.2, 0) is 0 Å². The molecular formula is C27H28N2. The predicted molar refractivity (Wildman–Crippen MR) is 124 cm³/mol. The lowest BCUT2D eigenvalue weighted by Gasteiger charge is -2.20. The van der Waals surface area contributed by atoms with Crippen LogP contribution in [0, 0.1) is 12.8 Å². The van der Waals surface area contributed by atoms with Gasteiger partial charge in [-0.05, 0) is 59.2 Å². The van der Waals surface area contributed by atoms with Crippen LogP contribution in [0.15, 0.2) is 79.5 Å². The lowest BCUT2D eigenvalue weighted by Crippen LogP contribution is -2.13. The molecule has 4 aromatic rings. The quantitative estimate of drug-likeness (QED) is 0.343. The average molecular weight is 381 g/mol. The molecule has 1 heterocycles. The Morgan fingerprint density at radius 3 is 2.45 bits per heavy atom. The van der Waals surface area contributed by atoms with Crippen molar-refractivity contribution < 1.29 is 0 Å². The number of aromatic nitrogens is 2. The second-order valence-corrected chi connectivity index (χ2v) is 8.21. The Hall–Kier alpha value is -3.13. The Balaban J connectivity index is 1.75. The molecule has 2 heteroatoms. The molecule has 4 rings (SSSR count). The molecule has 0 N–H and O–H groups in total. The molecular weight excluding hydrogens is 352 g/mol. The van der Waals surface area contributed by atoms with Gasteiger partial charge in [0.2, 0.25) is 0 Å². The largest absolute Gasteiger partial charge is 0.264 e. The molecule has 0 radical (unpaired) electrons. The summed E-state index contributed by atoms with van der Waals surface area (Å²) in [7, 11) is 0. The molecule has 1 unspecified atom stereocenters. The third-order valence-electron chi connectivity index (χ3n) is 5.55. The number of aryl methyl sites for hydroxylation is 1. The van der Waals surface area contributed by atoms with Gasteiger partial charge in [-0.1, -0.05) is 81.1 Å². The normalized spacial score (nSPS) is 12.4. The van der Waals surface area contributed by atoms with Crippen molar-refractivity contribution in [3.8, 4) is 11.1 Å². The molecule has 1 atom stereocenters. The standard InChI is InChI=1S/C27H28N2/c1-5-21-10-12-22(13-11-21)27(16-19(2)3)29-18-24-17-23(14-15-26(24)28-29)25-9-7-6-8-20(25)4/h5-15,17-19,27H,1,16H2,2-4H3. The van der Waals surface area contributed by atoms with Gasteiger partial charge in [0.05, 0.1) is 11.6 Å². The highest BCUT2D eigenvalue weighted by Gasteiger charge is 2.17. The Labute approximate surface area is 173 Å². The number of hydrogen-bond donors (Lipinski definition) is 0. The predicted octanol–water partition coefficient (Wildman–Crippen LogP) is 7.29. The lowest BCUT2D eigenvalue weighted by atomic mass is 9.96. The fraction of sp³-hybridized carbons (Fsp3) is 0.222. The SMILES string of the molecule is C=Cc1ccc(C(CC(C)C)n2cc3cc(-c4ccccc4C)ccc3n2)cc1. The van der Waals surface area contributed by atoms with Crippen molar-refractivity contribution in [2.75, 3.05) is 0 Å². The van der Waals surface area contributed by atoms with Crippen molar-refractivity contribution in [2.45, 2.75) is 33.2 Å². The fourth-order valence-corrected chi connectivity index (χ4v) is 3.97. The molecule has 1 aromatic heterocycles. The van der Waals surface area contributed by atoms with E-state index in [0.29, 0.717) is 5.92 Å². The van der Waals surface area contributed by atoms with Crippen LogP contribution in [0.4, 0.5) is 0 Å². The summed E-state index contributed by atoms with van der Waals surface area (Å²) in [5.74, 6) is 0.578. The Morgan fingerprint density at radius 1 is 1.00 bits per heavy atom. The first-order valence-corrected chi connectivity index (χ1v) is 10.3. The van der Waals surface area contributed by atoms with E-state index in [4.69, 9.17) is 5.10 Å². The molecule has 0 aliphatic carbocycles. The van der Waals surface area contributed by atoms with Crippen molar-refractivity contribution in [1.82, 2.24) is 9.78 Å². The molecule has 0 aliphatic heterocycles. The van der Waals surface area contributed by atoms with Crippen LogP contribution in [0.1, 0.15) is 43.0 Å². The van der Waals surface area contributed by atoms with Crippen LogP contribution in [0.2, 0.25) is 0 Å². The van der Waals surface area contributed by atoms with Gasteiger partial charge in [0.25, 0.3) is 0 Å². The molecule has 0 saturated carbocycles. The maximum Gasteiger partial charge on any atom is 0.0923 e. The molecule has 146 valence electrons. The van der Waals surface area contributed by atoms with Crippen LogP contribution >= 0.6 is 0 Å². The van der Waals surface area contributed by atoms with Gasteiger partial charge in [-0.3, -0.25) is 4.68 Å². The maximum atomic E-state index is 4.94. The van der Waals surface area contributed by atoms with Gasteiger partial charge < -0.3 is 0 Å².